The van der Waals surface area contributed by atoms with Crippen molar-refractivity contribution in [2.45, 2.75) is 40.0 Å². The summed E-state index contributed by atoms with van der Waals surface area (Å²) in [6.45, 7) is 6.04. The summed E-state index contributed by atoms with van der Waals surface area (Å²) in [7, 11) is 0. The zero-order chi connectivity index (χ0) is 24.8. The molecule has 3 aromatic rings. The summed E-state index contributed by atoms with van der Waals surface area (Å²) < 4.78 is 36.5. The van der Waals surface area contributed by atoms with Crippen LogP contribution in [-0.4, -0.2) is 28.7 Å². The van der Waals surface area contributed by atoms with Gasteiger partial charge in [0.2, 0.25) is 5.89 Å². The maximum absolute atomic E-state index is 13.0. The number of hydrogen-bond acceptors (Lipinski definition) is 5. The highest BCUT2D eigenvalue weighted by atomic mass is 19.3. The molecule has 0 fully saturated rings. The van der Waals surface area contributed by atoms with Gasteiger partial charge in [0.05, 0.1) is 0 Å². The molecule has 1 heterocycles. The number of ether oxygens (including phenoxy) is 1. The van der Waals surface area contributed by atoms with Gasteiger partial charge in [-0.3, -0.25) is 4.79 Å². The number of aromatic nitrogens is 1. The molecule has 0 unspecified atom stereocenters. The van der Waals surface area contributed by atoms with E-state index in [9.17, 15) is 13.6 Å². The summed E-state index contributed by atoms with van der Waals surface area (Å²) in [6.07, 6.45) is 7.42. The molecule has 0 saturated carbocycles. The number of alkyl halides is 2. The lowest BCUT2D eigenvalue weighted by atomic mass is 9.97. The monoisotopic (exact) mass is 468 g/mol. The molecule has 0 aliphatic carbocycles. The zero-order valence-electron chi connectivity index (χ0n) is 19.1. The molecule has 2 N–H and O–H groups in total. The van der Waals surface area contributed by atoms with Crippen LogP contribution in [-0.2, 0) is 11.3 Å². The predicted molar refractivity (Wildman–Crippen MR) is 128 cm³/mol. The maximum Gasteiger partial charge on any atom is 0.387 e. The van der Waals surface area contributed by atoms with Gasteiger partial charge >= 0.3 is 12.6 Å². The van der Waals surface area contributed by atoms with Crippen molar-refractivity contribution in [3.8, 4) is 17.2 Å². The molecule has 0 saturated heterocycles. The Bertz CT molecular complexity index is 1260. The molecule has 1 aromatic heterocycles. The number of halogens is 2. The zero-order valence-corrected chi connectivity index (χ0v) is 19.1. The van der Waals surface area contributed by atoms with E-state index in [0.29, 0.717) is 17.0 Å². The van der Waals surface area contributed by atoms with E-state index < -0.39 is 18.6 Å². The van der Waals surface area contributed by atoms with Crippen LogP contribution >= 0.6 is 0 Å². The molecule has 1 atom stereocenters. The first kappa shape index (κ1) is 24.9. The summed E-state index contributed by atoms with van der Waals surface area (Å²) in [6, 6.07) is 7.82. The van der Waals surface area contributed by atoms with E-state index in [0.717, 1.165) is 22.3 Å². The van der Waals surface area contributed by atoms with Crippen LogP contribution < -0.4 is 10.1 Å². The summed E-state index contributed by atoms with van der Waals surface area (Å²) in [5, 5.41) is 11.8. The van der Waals surface area contributed by atoms with E-state index in [1.807, 2.05) is 50.3 Å². The Labute approximate surface area is 196 Å². The van der Waals surface area contributed by atoms with Crippen LogP contribution in [0.3, 0.4) is 0 Å². The normalized spacial score (nSPS) is 13.1. The van der Waals surface area contributed by atoms with Crippen LogP contribution in [0, 0.1) is 6.92 Å². The Kier molecular flexibility index (Phi) is 7.96. The average Bonchev–Trinajstić information content (AvgIpc) is 3.19. The molecule has 0 spiro atoms. The average molecular weight is 469 g/mol. The van der Waals surface area contributed by atoms with Gasteiger partial charge in [0, 0.05) is 23.7 Å². The van der Waals surface area contributed by atoms with Crippen LogP contribution in [0.5, 0.6) is 5.75 Å². The Morgan fingerprint density at radius 2 is 2.09 bits per heavy atom. The van der Waals surface area contributed by atoms with E-state index in [1.165, 1.54) is 13.0 Å². The Hall–Kier alpha value is -3.78. The van der Waals surface area contributed by atoms with Crippen LogP contribution in [0.15, 0.2) is 65.6 Å². The number of carboxylic acid groups (broad SMARTS) is 1. The van der Waals surface area contributed by atoms with Gasteiger partial charge in [-0.1, -0.05) is 43.0 Å². The Morgan fingerprint density at radius 3 is 2.76 bits per heavy atom. The van der Waals surface area contributed by atoms with Crippen molar-refractivity contribution in [1.29, 1.82) is 0 Å². The smallest absolute Gasteiger partial charge is 0.387 e. The second kappa shape index (κ2) is 10.9. The first-order valence-electron chi connectivity index (χ1n) is 10.6. The summed E-state index contributed by atoms with van der Waals surface area (Å²) in [5.74, 6) is -0.815. The van der Waals surface area contributed by atoms with E-state index in [2.05, 4.69) is 21.6 Å². The van der Waals surface area contributed by atoms with Gasteiger partial charge in [0.15, 0.2) is 5.58 Å². The molecule has 0 bridgehead atoms. The third-order valence-corrected chi connectivity index (χ3v) is 5.34. The molecule has 178 valence electrons. The predicted octanol–water partition coefficient (Wildman–Crippen LogP) is 6.11. The van der Waals surface area contributed by atoms with Gasteiger partial charge in [-0.25, -0.2) is 4.98 Å². The quantitative estimate of drug-likeness (QED) is 0.349. The van der Waals surface area contributed by atoms with Gasteiger partial charge in [-0.05, 0) is 49.6 Å². The summed E-state index contributed by atoms with van der Waals surface area (Å²) in [4.78, 5) is 15.6. The van der Waals surface area contributed by atoms with Crippen LogP contribution in [0.1, 0.15) is 30.5 Å². The van der Waals surface area contributed by atoms with Gasteiger partial charge in [0.1, 0.15) is 17.3 Å². The second-order valence-corrected chi connectivity index (χ2v) is 7.71. The fourth-order valence-corrected chi connectivity index (χ4v) is 3.47. The number of allylic oxidation sites excluding steroid dienone is 5. The molecule has 0 amide bonds. The van der Waals surface area contributed by atoms with Crippen molar-refractivity contribution >= 4 is 22.6 Å². The molecule has 34 heavy (non-hydrogen) atoms. The van der Waals surface area contributed by atoms with Crippen LogP contribution in [0.25, 0.3) is 28.1 Å². The lowest BCUT2D eigenvalue weighted by Crippen LogP contribution is -2.33. The fourth-order valence-electron chi connectivity index (χ4n) is 3.47. The molecule has 3 rings (SSSR count). The standard InChI is InChI=1S/C26H26F2N2O4/c1-5-6-7-9-15(2)19-10-8-11-20(16(19)3)24-30-21-12-18(14-29-17(4)25(31)32)22(34-26(27)28)13-23(21)33-24/h5-13,17,26,29H,1,14H2,2-4H3,(H,31,32)/b7-6-,15-9+/t17-/m0/s1. The SMILES string of the molecule is C=C/C=C\C=C(/C)c1cccc(-c2nc3cc(CN[C@@H](C)C(=O)O)c(OC(F)F)cc3o2)c1C. The number of nitrogens with zero attached hydrogens (tertiary/aromatic N) is 1. The number of benzene rings is 2. The van der Waals surface area contributed by atoms with Crippen molar-refractivity contribution in [2.75, 3.05) is 0 Å². The lowest BCUT2D eigenvalue weighted by Gasteiger charge is -2.13. The van der Waals surface area contributed by atoms with Gasteiger partial charge in [-0.2, -0.15) is 8.78 Å². The fraction of sp³-hybridized carbons (Fsp3) is 0.231. The number of fused-ring (bicyclic) bond motifs is 1. The molecule has 8 heteroatoms. The maximum atomic E-state index is 13.0. The van der Waals surface area contributed by atoms with Gasteiger partial charge in [-0.15, -0.1) is 0 Å². The summed E-state index contributed by atoms with van der Waals surface area (Å²) >= 11 is 0. The highest BCUT2D eigenvalue weighted by Crippen LogP contribution is 2.34. The van der Waals surface area contributed by atoms with Crippen LogP contribution in [0.4, 0.5) is 8.78 Å². The second-order valence-electron chi connectivity index (χ2n) is 7.71. The molecule has 2 aromatic carbocycles. The largest absolute Gasteiger partial charge is 0.480 e. The van der Waals surface area contributed by atoms with Gasteiger partial charge in [0.25, 0.3) is 0 Å². The number of carbonyl (C=O) groups is 1. The van der Waals surface area contributed by atoms with Crippen molar-refractivity contribution in [3.05, 3.63) is 77.9 Å². The third-order valence-electron chi connectivity index (χ3n) is 5.34. The van der Waals surface area contributed by atoms with Crippen molar-refractivity contribution in [1.82, 2.24) is 10.3 Å². The molecule has 0 aliphatic rings. The van der Waals surface area contributed by atoms with E-state index in [1.54, 1.807) is 12.1 Å². The number of aliphatic carboxylic acids is 1. The minimum absolute atomic E-state index is 0.00435. The van der Waals surface area contributed by atoms with Crippen LogP contribution in [0.2, 0.25) is 0 Å². The molecule has 0 aliphatic heterocycles. The number of carboxylic acids is 1. The highest BCUT2D eigenvalue weighted by Gasteiger charge is 2.19. The third kappa shape index (κ3) is 5.77. The topological polar surface area (TPSA) is 84.6 Å². The highest BCUT2D eigenvalue weighted by molar-refractivity contribution is 5.81. The molecular weight excluding hydrogens is 442 g/mol. The van der Waals surface area contributed by atoms with Gasteiger partial charge < -0.3 is 19.6 Å². The lowest BCUT2D eigenvalue weighted by molar-refractivity contribution is -0.139. The molecule has 6 nitrogen and oxygen atoms in total. The number of hydrogen-bond donors (Lipinski definition) is 2. The van der Waals surface area contributed by atoms with E-state index in [4.69, 9.17) is 9.52 Å². The number of nitrogens with one attached hydrogen (secondary N) is 1. The minimum Gasteiger partial charge on any atom is -0.480 e. The first-order valence-corrected chi connectivity index (χ1v) is 10.6. The number of rotatable bonds is 10. The summed E-state index contributed by atoms with van der Waals surface area (Å²) in [5.41, 5.74) is 4.86. The van der Waals surface area contributed by atoms with Crippen molar-refractivity contribution in [2.24, 2.45) is 0 Å². The molecular formula is C26H26F2N2O4. The van der Waals surface area contributed by atoms with Crippen molar-refractivity contribution < 1.29 is 27.8 Å². The van der Waals surface area contributed by atoms with E-state index in [-0.39, 0.29) is 17.9 Å². The number of oxazole rings is 1. The Morgan fingerprint density at radius 1 is 1.32 bits per heavy atom. The minimum atomic E-state index is -3.04. The molecule has 0 radical (unpaired) electrons. The Balaban J connectivity index is 2.02. The van der Waals surface area contributed by atoms with E-state index >= 15 is 0 Å². The van der Waals surface area contributed by atoms with Crippen molar-refractivity contribution in [3.63, 3.8) is 0 Å². The first-order chi connectivity index (χ1) is 16.2.